The van der Waals surface area contributed by atoms with Gasteiger partial charge in [-0.1, -0.05) is 60.7 Å². The third-order valence-electron chi connectivity index (χ3n) is 7.30. The lowest BCUT2D eigenvalue weighted by Crippen LogP contribution is -2.23. The summed E-state index contributed by atoms with van der Waals surface area (Å²) in [5.41, 5.74) is 4.09. The molecule has 2 N–H and O–H groups in total. The summed E-state index contributed by atoms with van der Waals surface area (Å²) < 4.78 is 11.8. The van der Waals surface area contributed by atoms with Gasteiger partial charge in [0, 0.05) is 22.5 Å². The fraction of sp³-hybridized carbons (Fsp3) is 0. The number of hydrogen-bond donors (Lipinski definition) is 2. The predicted molar refractivity (Wildman–Crippen MR) is 172 cm³/mol. The molecule has 0 unspecified atom stereocenters. The Kier molecular flexibility index (Phi) is 7.06. The van der Waals surface area contributed by atoms with Gasteiger partial charge in [-0.15, -0.1) is 0 Å². The molecule has 212 valence electrons. The summed E-state index contributed by atoms with van der Waals surface area (Å²) in [4.78, 5) is 27.8. The highest BCUT2D eigenvalue weighted by atomic mass is 16.5. The maximum absolute atomic E-state index is 13.9. The minimum atomic E-state index is -0.211. The van der Waals surface area contributed by atoms with Gasteiger partial charge in [-0.2, -0.15) is 0 Å². The van der Waals surface area contributed by atoms with Crippen LogP contribution in [0.15, 0.2) is 146 Å². The van der Waals surface area contributed by atoms with Gasteiger partial charge in [0.2, 0.25) is 0 Å². The number of anilines is 4. The smallest absolute Gasteiger partial charge is 0.196 e. The number of benzene rings is 6. The molecule has 6 aromatic carbocycles. The van der Waals surface area contributed by atoms with E-state index in [0.717, 1.165) is 22.9 Å². The number of rotatable bonds is 8. The van der Waals surface area contributed by atoms with E-state index in [2.05, 4.69) is 10.6 Å². The fourth-order valence-corrected chi connectivity index (χ4v) is 5.22. The Morgan fingerprint density at radius 1 is 0.364 bits per heavy atom. The molecule has 0 saturated heterocycles. The summed E-state index contributed by atoms with van der Waals surface area (Å²) in [7, 11) is 0. The first-order valence-corrected chi connectivity index (χ1v) is 14.2. The van der Waals surface area contributed by atoms with E-state index in [4.69, 9.17) is 9.47 Å². The Hall–Kier alpha value is -6.14. The van der Waals surface area contributed by atoms with Crippen LogP contribution in [-0.2, 0) is 0 Å². The molecule has 0 fully saturated rings. The van der Waals surface area contributed by atoms with Gasteiger partial charge in [0.05, 0.1) is 22.5 Å². The third kappa shape index (κ3) is 5.40. The van der Waals surface area contributed by atoms with E-state index in [1.54, 1.807) is 24.3 Å². The molecule has 6 aromatic rings. The Bertz CT molecular complexity index is 1820. The highest BCUT2D eigenvalue weighted by Crippen LogP contribution is 2.37. The number of carbonyl (C=O) groups excluding carboxylic acids is 2. The largest absolute Gasteiger partial charge is 0.457 e. The Balaban J connectivity index is 1.12. The topological polar surface area (TPSA) is 76.7 Å². The van der Waals surface area contributed by atoms with Gasteiger partial charge in [0.25, 0.3) is 0 Å². The predicted octanol–water partition coefficient (Wildman–Crippen LogP) is 9.53. The van der Waals surface area contributed by atoms with Crippen molar-refractivity contribution in [2.24, 2.45) is 0 Å². The van der Waals surface area contributed by atoms with Gasteiger partial charge < -0.3 is 20.1 Å². The standard InChI is InChI=1S/C38H26N2O4/c41-37-32-14-8-16-34(40-26-19-23-30(24-20-26)44-28-11-5-2-6-12-28)36(32)38(42)31-13-7-15-33(35(31)37)39-25-17-21-29(22-18-25)43-27-9-3-1-4-10-27/h1-24,39-40H. The zero-order chi connectivity index (χ0) is 29.9. The van der Waals surface area contributed by atoms with Crippen molar-refractivity contribution in [3.8, 4) is 23.0 Å². The van der Waals surface area contributed by atoms with Crippen molar-refractivity contribution in [3.63, 3.8) is 0 Å². The number of ether oxygens (including phenoxy) is 2. The maximum atomic E-state index is 13.9. The minimum Gasteiger partial charge on any atom is -0.457 e. The van der Waals surface area contributed by atoms with Crippen LogP contribution in [0.5, 0.6) is 23.0 Å². The normalized spacial score (nSPS) is 11.7. The highest BCUT2D eigenvalue weighted by molar-refractivity contribution is 6.32. The molecule has 1 aliphatic rings. The number of para-hydroxylation sites is 2. The zero-order valence-corrected chi connectivity index (χ0v) is 23.5. The van der Waals surface area contributed by atoms with Crippen molar-refractivity contribution >= 4 is 34.3 Å². The molecule has 7 rings (SSSR count). The summed E-state index contributed by atoms with van der Waals surface area (Å²) in [6.07, 6.45) is 0. The van der Waals surface area contributed by atoms with Crippen LogP contribution in [0.2, 0.25) is 0 Å². The van der Waals surface area contributed by atoms with Crippen LogP contribution in [0.3, 0.4) is 0 Å². The molecule has 44 heavy (non-hydrogen) atoms. The lowest BCUT2D eigenvalue weighted by atomic mass is 9.82. The maximum Gasteiger partial charge on any atom is 0.196 e. The van der Waals surface area contributed by atoms with Crippen LogP contribution in [0, 0.1) is 0 Å². The molecule has 6 nitrogen and oxygen atoms in total. The molecule has 0 radical (unpaired) electrons. The summed E-state index contributed by atoms with van der Waals surface area (Å²) >= 11 is 0. The van der Waals surface area contributed by atoms with Crippen molar-refractivity contribution in [3.05, 3.63) is 168 Å². The van der Waals surface area contributed by atoms with Gasteiger partial charge in [-0.3, -0.25) is 9.59 Å². The summed E-state index contributed by atoms with van der Waals surface area (Å²) in [6.45, 7) is 0. The van der Waals surface area contributed by atoms with E-state index >= 15 is 0 Å². The van der Waals surface area contributed by atoms with Crippen molar-refractivity contribution < 1.29 is 19.1 Å². The van der Waals surface area contributed by atoms with E-state index in [0.29, 0.717) is 45.1 Å². The van der Waals surface area contributed by atoms with Crippen LogP contribution in [0.1, 0.15) is 31.8 Å². The molecule has 0 aromatic heterocycles. The molecular weight excluding hydrogens is 548 g/mol. The van der Waals surface area contributed by atoms with E-state index in [9.17, 15) is 9.59 Å². The van der Waals surface area contributed by atoms with Crippen LogP contribution in [0.4, 0.5) is 22.7 Å². The minimum absolute atomic E-state index is 0.211. The number of hydrogen-bond acceptors (Lipinski definition) is 6. The lowest BCUT2D eigenvalue weighted by Gasteiger charge is -2.23. The Labute approximate surface area is 254 Å². The van der Waals surface area contributed by atoms with Gasteiger partial charge in [0.1, 0.15) is 23.0 Å². The Morgan fingerprint density at radius 2 is 0.727 bits per heavy atom. The van der Waals surface area contributed by atoms with Crippen molar-refractivity contribution in [2.75, 3.05) is 10.6 Å². The molecule has 0 amide bonds. The van der Waals surface area contributed by atoms with Crippen LogP contribution < -0.4 is 20.1 Å². The second-order valence-corrected chi connectivity index (χ2v) is 10.2. The molecule has 1 aliphatic carbocycles. The SMILES string of the molecule is O=C1c2cccc(Nc3ccc(Oc4ccccc4)cc3)c2C(=O)c2cccc(Nc3ccc(Oc4ccccc4)cc3)c21. The van der Waals surface area contributed by atoms with Crippen LogP contribution in [-0.4, -0.2) is 11.6 Å². The van der Waals surface area contributed by atoms with Gasteiger partial charge >= 0.3 is 0 Å². The van der Waals surface area contributed by atoms with Crippen LogP contribution in [0.25, 0.3) is 0 Å². The van der Waals surface area contributed by atoms with Gasteiger partial charge in [-0.05, 0) is 84.9 Å². The molecule has 0 spiro atoms. The van der Waals surface area contributed by atoms with E-state index in [-0.39, 0.29) is 11.6 Å². The molecule has 0 bridgehead atoms. The monoisotopic (exact) mass is 574 g/mol. The van der Waals surface area contributed by atoms with Crippen molar-refractivity contribution in [1.82, 2.24) is 0 Å². The van der Waals surface area contributed by atoms with Crippen molar-refractivity contribution in [1.29, 1.82) is 0 Å². The molecule has 0 heterocycles. The van der Waals surface area contributed by atoms with Crippen molar-refractivity contribution in [2.45, 2.75) is 0 Å². The summed E-state index contributed by atoms with van der Waals surface area (Å²) in [5.74, 6) is 2.45. The highest BCUT2D eigenvalue weighted by Gasteiger charge is 2.33. The summed E-state index contributed by atoms with van der Waals surface area (Å²) in [5, 5.41) is 6.65. The molecule has 0 aliphatic heterocycles. The zero-order valence-electron chi connectivity index (χ0n) is 23.5. The number of fused-ring (bicyclic) bond motifs is 2. The first-order chi connectivity index (χ1) is 21.6. The quantitative estimate of drug-likeness (QED) is 0.188. The van der Waals surface area contributed by atoms with E-state index in [1.807, 2.05) is 121 Å². The summed E-state index contributed by atoms with van der Waals surface area (Å²) in [6, 6.07) is 44.6. The van der Waals surface area contributed by atoms with E-state index < -0.39 is 0 Å². The molecular formula is C38H26N2O4. The molecule has 6 heteroatoms. The van der Waals surface area contributed by atoms with E-state index in [1.165, 1.54) is 0 Å². The average molecular weight is 575 g/mol. The van der Waals surface area contributed by atoms with Gasteiger partial charge in [-0.25, -0.2) is 0 Å². The first-order valence-electron chi connectivity index (χ1n) is 14.2. The second kappa shape index (κ2) is 11.6. The Morgan fingerprint density at radius 3 is 1.11 bits per heavy atom. The molecule has 0 saturated carbocycles. The van der Waals surface area contributed by atoms with Crippen LogP contribution >= 0.6 is 0 Å². The number of ketones is 2. The fourth-order valence-electron chi connectivity index (χ4n) is 5.22. The second-order valence-electron chi connectivity index (χ2n) is 10.2. The molecule has 0 atom stereocenters. The number of nitrogens with one attached hydrogen (secondary N) is 2. The first kappa shape index (κ1) is 26.7. The lowest BCUT2D eigenvalue weighted by molar-refractivity contribution is 0.0980. The van der Waals surface area contributed by atoms with Gasteiger partial charge in [0.15, 0.2) is 11.6 Å². The third-order valence-corrected chi connectivity index (χ3v) is 7.30. The average Bonchev–Trinajstić information content (AvgIpc) is 3.06. The number of carbonyl (C=O) groups is 2.